The van der Waals surface area contributed by atoms with Gasteiger partial charge in [0.25, 0.3) is 0 Å². The average Bonchev–Trinajstić information content (AvgIpc) is 2.73. The maximum Gasteiger partial charge on any atom is 0.232 e. The van der Waals surface area contributed by atoms with E-state index in [4.69, 9.17) is 5.73 Å². The van der Waals surface area contributed by atoms with Gasteiger partial charge in [0.1, 0.15) is 0 Å². The highest BCUT2D eigenvalue weighted by atomic mass is 32.2. The number of amides is 2. The maximum atomic E-state index is 11.9. The molecule has 1 aromatic heterocycles. The third-order valence-corrected chi connectivity index (χ3v) is 4.73. The lowest BCUT2D eigenvalue weighted by molar-refractivity contribution is -0.128. The number of thiophene rings is 1. The summed E-state index contributed by atoms with van der Waals surface area (Å²) in [6, 6.07) is 4.16. The molecule has 0 spiro atoms. The monoisotopic (exact) mass is 286 g/mol. The minimum atomic E-state index is -0.391. The molecule has 1 heterocycles. The van der Waals surface area contributed by atoms with Crippen LogP contribution in [0.5, 0.6) is 0 Å². The second kappa shape index (κ2) is 6.80. The Labute approximate surface area is 116 Å². The predicted molar refractivity (Wildman–Crippen MR) is 76.8 cm³/mol. The maximum absolute atomic E-state index is 11.9. The van der Waals surface area contributed by atoms with Gasteiger partial charge in [-0.2, -0.15) is 0 Å². The molecule has 0 saturated carbocycles. The minimum absolute atomic E-state index is 0.0137. The van der Waals surface area contributed by atoms with E-state index in [1.54, 1.807) is 23.3 Å². The van der Waals surface area contributed by atoms with E-state index >= 15 is 0 Å². The number of carbonyl (C=O) groups is 2. The largest absolute Gasteiger partial charge is 0.369 e. The van der Waals surface area contributed by atoms with Crippen LogP contribution in [0, 0.1) is 6.92 Å². The van der Waals surface area contributed by atoms with Crippen LogP contribution in [0.1, 0.15) is 22.7 Å². The fourth-order valence-electron chi connectivity index (χ4n) is 1.43. The molecular formula is C12H18N2O2S2. The molecule has 0 fully saturated rings. The number of primary amides is 1. The van der Waals surface area contributed by atoms with Crippen LogP contribution in [0.3, 0.4) is 0 Å². The molecule has 2 N–H and O–H groups in total. The molecule has 0 unspecified atom stereocenters. The summed E-state index contributed by atoms with van der Waals surface area (Å²) in [5, 5.41) is 0. The summed E-state index contributed by atoms with van der Waals surface area (Å²) in [4.78, 5) is 26.6. The molecule has 18 heavy (non-hydrogen) atoms. The Bertz CT molecular complexity index is 431. The van der Waals surface area contributed by atoms with E-state index in [1.807, 2.05) is 19.9 Å². The fourth-order valence-corrected chi connectivity index (χ4v) is 3.08. The van der Waals surface area contributed by atoms with Crippen LogP contribution >= 0.6 is 23.1 Å². The molecule has 0 bridgehead atoms. The Morgan fingerprint density at radius 2 is 2.11 bits per heavy atom. The molecule has 4 nitrogen and oxygen atoms in total. The predicted octanol–water partition coefficient (Wildman–Crippen LogP) is 1.79. The number of rotatable bonds is 6. The van der Waals surface area contributed by atoms with Crippen molar-refractivity contribution in [1.29, 1.82) is 0 Å². The Kier molecular flexibility index (Phi) is 5.68. The van der Waals surface area contributed by atoms with E-state index in [2.05, 4.69) is 6.07 Å². The molecule has 100 valence electrons. The number of carbonyl (C=O) groups excluding carboxylic acids is 2. The van der Waals surface area contributed by atoms with Crippen molar-refractivity contribution in [1.82, 2.24) is 4.90 Å². The highest BCUT2D eigenvalue weighted by Crippen LogP contribution is 2.26. The van der Waals surface area contributed by atoms with Crippen molar-refractivity contribution >= 4 is 34.9 Å². The first-order valence-electron chi connectivity index (χ1n) is 5.60. The highest BCUT2D eigenvalue weighted by molar-refractivity contribution is 8.00. The third kappa shape index (κ3) is 4.34. The molecule has 1 rings (SSSR count). The Balaban J connectivity index is 2.50. The van der Waals surface area contributed by atoms with Crippen molar-refractivity contribution in [2.45, 2.75) is 19.9 Å². The van der Waals surface area contributed by atoms with Crippen LogP contribution < -0.4 is 5.73 Å². The summed E-state index contributed by atoms with van der Waals surface area (Å²) in [5.74, 6) is 0.0948. The standard InChI is InChI=1S/C12H18N2O2S2/c1-8-4-5-10(18-8)9(2)14(3)12(16)7-17-6-11(13)15/h4-5,9H,6-7H2,1-3H3,(H2,13,15)/t9-/m0/s1. The zero-order valence-electron chi connectivity index (χ0n) is 10.8. The van der Waals surface area contributed by atoms with Gasteiger partial charge in [-0.25, -0.2) is 0 Å². The Morgan fingerprint density at radius 1 is 1.44 bits per heavy atom. The molecular weight excluding hydrogens is 268 g/mol. The van der Waals surface area contributed by atoms with Crippen molar-refractivity contribution < 1.29 is 9.59 Å². The first-order chi connectivity index (χ1) is 8.41. The zero-order chi connectivity index (χ0) is 13.7. The van der Waals surface area contributed by atoms with Crippen LogP contribution in [0.25, 0.3) is 0 Å². The van der Waals surface area contributed by atoms with Crippen LogP contribution in [0.4, 0.5) is 0 Å². The van der Waals surface area contributed by atoms with Gasteiger partial charge in [0.05, 0.1) is 17.5 Å². The lowest BCUT2D eigenvalue weighted by Gasteiger charge is -2.24. The molecule has 2 amide bonds. The van der Waals surface area contributed by atoms with E-state index in [0.29, 0.717) is 0 Å². The molecule has 1 aromatic rings. The molecule has 0 aliphatic rings. The SMILES string of the molecule is Cc1ccc([C@H](C)N(C)C(=O)CSCC(N)=O)s1. The van der Waals surface area contributed by atoms with Gasteiger partial charge in [0, 0.05) is 16.8 Å². The molecule has 0 radical (unpaired) electrons. The third-order valence-electron chi connectivity index (χ3n) is 2.62. The summed E-state index contributed by atoms with van der Waals surface area (Å²) in [6.45, 7) is 4.05. The van der Waals surface area contributed by atoms with Gasteiger partial charge in [-0.05, 0) is 26.0 Å². The smallest absolute Gasteiger partial charge is 0.232 e. The topological polar surface area (TPSA) is 63.4 Å². The molecule has 1 atom stereocenters. The summed E-state index contributed by atoms with van der Waals surface area (Å²) in [5.41, 5.74) is 5.03. The molecule has 6 heteroatoms. The number of hydrogen-bond acceptors (Lipinski definition) is 4. The second-order valence-electron chi connectivity index (χ2n) is 4.09. The van der Waals surface area contributed by atoms with Crippen molar-refractivity contribution in [3.63, 3.8) is 0 Å². The normalized spacial score (nSPS) is 12.2. The first kappa shape index (κ1) is 15.0. The van der Waals surface area contributed by atoms with Gasteiger partial charge < -0.3 is 10.6 Å². The van der Waals surface area contributed by atoms with Gasteiger partial charge in [-0.15, -0.1) is 23.1 Å². The highest BCUT2D eigenvalue weighted by Gasteiger charge is 2.18. The number of aryl methyl sites for hydroxylation is 1. The van der Waals surface area contributed by atoms with Crippen molar-refractivity contribution in [3.05, 3.63) is 21.9 Å². The van der Waals surface area contributed by atoms with Gasteiger partial charge in [0.15, 0.2) is 0 Å². The lowest BCUT2D eigenvalue weighted by Crippen LogP contribution is -2.31. The minimum Gasteiger partial charge on any atom is -0.369 e. The Hall–Kier alpha value is -1.01. The van der Waals surface area contributed by atoms with E-state index in [1.165, 1.54) is 21.5 Å². The molecule has 0 aromatic carbocycles. The summed E-state index contributed by atoms with van der Waals surface area (Å²) >= 11 is 2.95. The molecule has 0 aliphatic heterocycles. The fraction of sp³-hybridized carbons (Fsp3) is 0.500. The Morgan fingerprint density at radius 3 is 2.61 bits per heavy atom. The lowest BCUT2D eigenvalue weighted by atomic mass is 10.2. The van der Waals surface area contributed by atoms with Crippen LogP contribution in [-0.4, -0.2) is 35.3 Å². The zero-order valence-corrected chi connectivity index (χ0v) is 12.4. The van der Waals surface area contributed by atoms with Crippen LogP contribution in [-0.2, 0) is 9.59 Å². The molecule has 0 saturated heterocycles. The summed E-state index contributed by atoms with van der Waals surface area (Å²) in [6.07, 6.45) is 0. The van der Waals surface area contributed by atoms with Gasteiger partial charge >= 0.3 is 0 Å². The van der Waals surface area contributed by atoms with E-state index in [-0.39, 0.29) is 23.5 Å². The van der Waals surface area contributed by atoms with Crippen LogP contribution in [0.2, 0.25) is 0 Å². The quantitative estimate of drug-likeness (QED) is 0.867. The number of nitrogens with two attached hydrogens (primary N) is 1. The summed E-state index contributed by atoms with van der Waals surface area (Å²) < 4.78 is 0. The molecule has 0 aliphatic carbocycles. The number of nitrogens with zero attached hydrogens (tertiary/aromatic N) is 1. The van der Waals surface area contributed by atoms with Crippen molar-refractivity contribution in [3.8, 4) is 0 Å². The van der Waals surface area contributed by atoms with Crippen molar-refractivity contribution in [2.75, 3.05) is 18.6 Å². The van der Waals surface area contributed by atoms with Crippen LogP contribution in [0.15, 0.2) is 12.1 Å². The van der Waals surface area contributed by atoms with Gasteiger partial charge in [-0.1, -0.05) is 0 Å². The van der Waals surface area contributed by atoms with Gasteiger partial charge in [0.2, 0.25) is 11.8 Å². The van der Waals surface area contributed by atoms with E-state index < -0.39 is 5.91 Å². The summed E-state index contributed by atoms with van der Waals surface area (Å²) in [7, 11) is 1.78. The van der Waals surface area contributed by atoms with Gasteiger partial charge in [-0.3, -0.25) is 9.59 Å². The first-order valence-corrected chi connectivity index (χ1v) is 7.57. The van der Waals surface area contributed by atoms with E-state index in [9.17, 15) is 9.59 Å². The van der Waals surface area contributed by atoms with E-state index in [0.717, 1.165) is 0 Å². The second-order valence-corrected chi connectivity index (χ2v) is 6.39. The average molecular weight is 286 g/mol. The number of thioether (sulfide) groups is 1. The van der Waals surface area contributed by atoms with Crippen molar-refractivity contribution in [2.24, 2.45) is 5.73 Å². The number of hydrogen-bond donors (Lipinski definition) is 1.